The fourth-order valence-corrected chi connectivity index (χ4v) is 3.93. The van der Waals surface area contributed by atoms with Crippen LogP contribution in [0.1, 0.15) is 71.6 Å². The Morgan fingerprint density at radius 1 is 1.11 bits per heavy atom. The largest absolute Gasteiger partial charge is 0.313 e. The second-order valence-electron chi connectivity index (χ2n) is 6.78. The van der Waals surface area contributed by atoms with E-state index in [4.69, 9.17) is 0 Å². The summed E-state index contributed by atoms with van der Waals surface area (Å²) in [6, 6.07) is 1.57. The zero-order valence-corrected chi connectivity index (χ0v) is 13.2. The van der Waals surface area contributed by atoms with E-state index in [1.54, 1.807) is 0 Å². The van der Waals surface area contributed by atoms with Crippen LogP contribution >= 0.6 is 0 Å². The first kappa shape index (κ1) is 15.3. The van der Waals surface area contributed by atoms with Crippen LogP contribution in [0.15, 0.2) is 0 Å². The first-order valence-electron chi connectivity index (χ1n) is 8.78. The lowest BCUT2D eigenvalue weighted by atomic mass is 9.83. The van der Waals surface area contributed by atoms with E-state index < -0.39 is 0 Å². The summed E-state index contributed by atoms with van der Waals surface area (Å²) in [4.78, 5) is 2.81. The maximum absolute atomic E-state index is 3.68. The molecule has 1 aliphatic heterocycles. The fourth-order valence-electron chi connectivity index (χ4n) is 3.93. The van der Waals surface area contributed by atoms with Gasteiger partial charge in [0, 0.05) is 18.6 Å². The number of rotatable bonds is 7. The zero-order valence-electron chi connectivity index (χ0n) is 13.2. The molecule has 0 aromatic rings. The van der Waals surface area contributed by atoms with Crippen LogP contribution in [0.3, 0.4) is 0 Å². The quantitative estimate of drug-likeness (QED) is 0.754. The topological polar surface area (TPSA) is 15.3 Å². The number of nitrogens with one attached hydrogen (secondary N) is 1. The van der Waals surface area contributed by atoms with Crippen molar-refractivity contribution < 1.29 is 0 Å². The number of hydrogen-bond acceptors (Lipinski definition) is 2. The van der Waals surface area contributed by atoms with E-state index in [0.29, 0.717) is 0 Å². The molecule has 2 atom stereocenters. The fraction of sp³-hybridized carbons (Fsp3) is 1.00. The molecule has 0 bridgehead atoms. The summed E-state index contributed by atoms with van der Waals surface area (Å²) in [5, 5.41) is 3.68. The van der Waals surface area contributed by atoms with E-state index in [1.165, 1.54) is 77.4 Å². The van der Waals surface area contributed by atoms with E-state index in [9.17, 15) is 0 Å². The Kier molecular flexibility index (Phi) is 6.66. The highest BCUT2D eigenvalue weighted by atomic mass is 15.2. The van der Waals surface area contributed by atoms with Crippen LogP contribution in [-0.4, -0.2) is 36.6 Å². The highest BCUT2D eigenvalue weighted by Gasteiger charge is 2.27. The molecular formula is C17H34N2. The molecule has 1 saturated carbocycles. The monoisotopic (exact) mass is 266 g/mol. The smallest absolute Gasteiger partial charge is 0.0195 e. The molecular weight excluding hydrogens is 232 g/mol. The van der Waals surface area contributed by atoms with Crippen LogP contribution in [0.4, 0.5) is 0 Å². The third-order valence-corrected chi connectivity index (χ3v) is 5.32. The maximum atomic E-state index is 3.68. The van der Waals surface area contributed by atoms with Gasteiger partial charge >= 0.3 is 0 Å². The molecule has 0 radical (unpaired) electrons. The van der Waals surface area contributed by atoms with Crippen molar-refractivity contribution in [3.8, 4) is 0 Å². The van der Waals surface area contributed by atoms with Crippen molar-refractivity contribution in [2.75, 3.05) is 19.6 Å². The lowest BCUT2D eigenvalue weighted by Crippen LogP contribution is -2.46. The minimum Gasteiger partial charge on any atom is -0.313 e. The van der Waals surface area contributed by atoms with Gasteiger partial charge in [-0.05, 0) is 58.0 Å². The average molecular weight is 266 g/mol. The van der Waals surface area contributed by atoms with Gasteiger partial charge in [0.15, 0.2) is 0 Å². The number of unbranched alkanes of at least 4 members (excludes halogenated alkanes) is 1. The van der Waals surface area contributed by atoms with Gasteiger partial charge in [0.2, 0.25) is 0 Å². The summed E-state index contributed by atoms with van der Waals surface area (Å²) in [6.45, 7) is 8.66. The van der Waals surface area contributed by atoms with Crippen molar-refractivity contribution in [2.24, 2.45) is 5.92 Å². The van der Waals surface area contributed by atoms with Gasteiger partial charge < -0.3 is 5.32 Å². The molecule has 1 saturated heterocycles. The second kappa shape index (κ2) is 8.26. The lowest BCUT2D eigenvalue weighted by molar-refractivity contribution is 0.118. The molecule has 2 nitrogen and oxygen atoms in total. The van der Waals surface area contributed by atoms with Gasteiger partial charge in [-0.25, -0.2) is 0 Å². The predicted octanol–water partition coefficient (Wildman–Crippen LogP) is 3.81. The van der Waals surface area contributed by atoms with Crippen molar-refractivity contribution in [1.82, 2.24) is 10.2 Å². The van der Waals surface area contributed by atoms with Crippen LogP contribution < -0.4 is 5.32 Å². The van der Waals surface area contributed by atoms with Crippen molar-refractivity contribution in [2.45, 2.75) is 83.7 Å². The standard InChI is InChI=1S/C17H34N2/c1-3-4-13-19(14-17-11-8-12-18-17)15(2)16-9-6-5-7-10-16/h15-18H,3-14H2,1-2H3. The first-order chi connectivity index (χ1) is 9.31. The van der Waals surface area contributed by atoms with Crippen LogP contribution in [0.2, 0.25) is 0 Å². The summed E-state index contributed by atoms with van der Waals surface area (Å²) in [7, 11) is 0. The second-order valence-corrected chi connectivity index (χ2v) is 6.78. The molecule has 1 aliphatic carbocycles. The molecule has 2 heteroatoms. The Balaban J connectivity index is 1.86. The molecule has 112 valence electrons. The Morgan fingerprint density at radius 3 is 2.53 bits per heavy atom. The number of hydrogen-bond donors (Lipinski definition) is 1. The molecule has 2 aliphatic rings. The van der Waals surface area contributed by atoms with Crippen LogP contribution in [0.5, 0.6) is 0 Å². The molecule has 0 spiro atoms. The van der Waals surface area contributed by atoms with Gasteiger partial charge in [0.25, 0.3) is 0 Å². The molecule has 1 N–H and O–H groups in total. The van der Waals surface area contributed by atoms with E-state index in [-0.39, 0.29) is 0 Å². The molecule has 2 rings (SSSR count). The average Bonchev–Trinajstić information content (AvgIpc) is 2.96. The summed E-state index contributed by atoms with van der Waals surface area (Å²) in [6.07, 6.45) is 12.8. The maximum Gasteiger partial charge on any atom is 0.0195 e. The Morgan fingerprint density at radius 2 is 1.89 bits per heavy atom. The minimum absolute atomic E-state index is 0.767. The normalized spacial score (nSPS) is 27.0. The van der Waals surface area contributed by atoms with Gasteiger partial charge in [0.1, 0.15) is 0 Å². The minimum atomic E-state index is 0.767. The summed E-state index contributed by atoms with van der Waals surface area (Å²) < 4.78 is 0. The molecule has 1 heterocycles. The SMILES string of the molecule is CCCCN(CC1CCCN1)C(C)C1CCCCC1. The van der Waals surface area contributed by atoms with Crippen LogP contribution in [-0.2, 0) is 0 Å². The Bertz CT molecular complexity index is 229. The van der Waals surface area contributed by atoms with E-state index in [0.717, 1.165) is 18.0 Å². The molecule has 0 aromatic carbocycles. The highest BCUT2D eigenvalue weighted by molar-refractivity contribution is 4.84. The highest BCUT2D eigenvalue weighted by Crippen LogP contribution is 2.29. The Labute approximate surface area is 120 Å². The molecule has 2 fully saturated rings. The summed E-state index contributed by atoms with van der Waals surface area (Å²) in [5.74, 6) is 0.965. The van der Waals surface area contributed by atoms with Gasteiger partial charge in [0.05, 0.1) is 0 Å². The third-order valence-electron chi connectivity index (χ3n) is 5.32. The van der Waals surface area contributed by atoms with Crippen molar-refractivity contribution in [1.29, 1.82) is 0 Å². The molecule has 19 heavy (non-hydrogen) atoms. The third kappa shape index (κ3) is 4.75. The summed E-state index contributed by atoms with van der Waals surface area (Å²) in [5.41, 5.74) is 0. The first-order valence-corrected chi connectivity index (χ1v) is 8.78. The van der Waals surface area contributed by atoms with Gasteiger partial charge in [-0.15, -0.1) is 0 Å². The lowest BCUT2D eigenvalue weighted by Gasteiger charge is -2.38. The van der Waals surface area contributed by atoms with Crippen LogP contribution in [0.25, 0.3) is 0 Å². The molecule has 2 unspecified atom stereocenters. The van der Waals surface area contributed by atoms with Crippen LogP contribution in [0, 0.1) is 5.92 Å². The Hall–Kier alpha value is -0.0800. The van der Waals surface area contributed by atoms with Gasteiger partial charge in [-0.3, -0.25) is 4.90 Å². The zero-order chi connectivity index (χ0) is 13.5. The van der Waals surface area contributed by atoms with E-state index >= 15 is 0 Å². The van der Waals surface area contributed by atoms with Crippen molar-refractivity contribution in [3.63, 3.8) is 0 Å². The van der Waals surface area contributed by atoms with Gasteiger partial charge in [-0.2, -0.15) is 0 Å². The number of nitrogens with zero attached hydrogens (tertiary/aromatic N) is 1. The van der Waals surface area contributed by atoms with Crippen molar-refractivity contribution in [3.05, 3.63) is 0 Å². The van der Waals surface area contributed by atoms with E-state index in [2.05, 4.69) is 24.1 Å². The van der Waals surface area contributed by atoms with Crippen molar-refractivity contribution >= 4 is 0 Å². The van der Waals surface area contributed by atoms with E-state index in [1.807, 2.05) is 0 Å². The summed E-state index contributed by atoms with van der Waals surface area (Å²) >= 11 is 0. The molecule has 0 amide bonds. The van der Waals surface area contributed by atoms with Gasteiger partial charge in [-0.1, -0.05) is 32.6 Å². The molecule has 0 aromatic heterocycles. The predicted molar refractivity (Wildman–Crippen MR) is 83.5 cm³/mol.